The number of aromatic nitrogens is 2. The van der Waals surface area contributed by atoms with Crippen LogP contribution in [-0.2, 0) is 13.1 Å². The van der Waals surface area contributed by atoms with Gasteiger partial charge in [0, 0.05) is 34.8 Å². The SMILES string of the molecule is COc1ccccc1CNc1ccc2c(NCc3nccs3)cccc2n1. The van der Waals surface area contributed by atoms with Gasteiger partial charge in [-0.2, -0.15) is 0 Å². The van der Waals surface area contributed by atoms with Crippen LogP contribution in [0, 0.1) is 0 Å². The number of nitrogens with zero attached hydrogens (tertiary/aromatic N) is 2. The van der Waals surface area contributed by atoms with E-state index in [1.165, 1.54) is 0 Å². The average molecular weight is 376 g/mol. The van der Waals surface area contributed by atoms with E-state index >= 15 is 0 Å². The summed E-state index contributed by atoms with van der Waals surface area (Å²) in [5.41, 5.74) is 3.11. The molecule has 0 unspecified atom stereocenters. The molecule has 2 aromatic heterocycles. The molecule has 2 aromatic carbocycles. The van der Waals surface area contributed by atoms with Crippen LogP contribution >= 0.6 is 11.3 Å². The molecule has 4 rings (SSSR count). The molecule has 2 N–H and O–H groups in total. The van der Waals surface area contributed by atoms with Crippen molar-refractivity contribution >= 4 is 33.7 Å². The van der Waals surface area contributed by atoms with Gasteiger partial charge in [-0.05, 0) is 30.3 Å². The number of nitrogens with one attached hydrogen (secondary N) is 2. The van der Waals surface area contributed by atoms with E-state index in [9.17, 15) is 0 Å². The molecular formula is C21H20N4OS. The summed E-state index contributed by atoms with van der Waals surface area (Å²) in [4.78, 5) is 9.06. The highest BCUT2D eigenvalue weighted by molar-refractivity contribution is 7.09. The molecule has 0 bridgehead atoms. The molecule has 0 radical (unpaired) electrons. The van der Waals surface area contributed by atoms with Crippen LogP contribution < -0.4 is 15.4 Å². The number of pyridine rings is 1. The van der Waals surface area contributed by atoms with Crippen molar-refractivity contribution in [1.82, 2.24) is 9.97 Å². The Labute approximate surface area is 162 Å². The van der Waals surface area contributed by atoms with Crippen LogP contribution in [0.2, 0.25) is 0 Å². The molecule has 0 aliphatic carbocycles. The normalized spacial score (nSPS) is 10.7. The van der Waals surface area contributed by atoms with Gasteiger partial charge in [-0.15, -0.1) is 11.3 Å². The Morgan fingerprint density at radius 3 is 2.74 bits per heavy atom. The summed E-state index contributed by atoms with van der Waals surface area (Å²) in [6.07, 6.45) is 1.83. The van der Waals surface area contributed by atoms with Crippen LogP contribution in [0.15, 0.2) is 66.2 Å². The number of methoxy groups -OCH3 is 1. The molecule has 136 valence electrons. The van der Waals surface area contributed by atoms with Gasteiger partial charge in [0.1, 0.15) is 16.6 Å². The number of fused-ring (bicyclic) bond motifs is 1. The van der Waals surface area contributed by atoms with E-state index in [0.717, 1.165) is 38.7 Å². The number of thiazole rings is 1. The summed E-state index contributed by atoms with van der Waals surface area (Å²) in [6.45, 7) is 1.37. The smallest absolute Gasteiger partial charge is 0.126 e. The second kappa shape index (κ2) is 8.05. The van der Waals surface area contributed by atoms with Crippen molar-refractivity contribution in [2.24, 2.45) is 0 Å². The summed E-state index contributed by atoms with van der Waals surface area (Å²) in [5, 5.41) is 11.0. The molecule has 6 heteroatoms. The summed E-state index contributed by atoms with van der Waals surface area (Å²) in [5.74, 6) is 1.71. The number of rotatable bonds is 7. The van der Waals surface area contributed by atoms with Crippen LogP contribution in [-0.4, -0.2) is 17.1 Å². The highest BCUT2D eigenvalue weighted by Crippen LogP contribution is 2.25. The Morgan fingerprint density at radius 1 is 0.963 bits per heavy atom. The minimum Gasteiger partial charge on any atom is -0.496 e. The fraction of sp³-hybridized carbons (Fsp3) is 0.143. The molecule has 0 spiro atoms. The van der Waals surface area contributed by atoms with Crippen LogP contribution in [0.1, 0.15) is 10.6 Å². The topological polar surface area (TPSA) is 59.1 Å². The fourth-order valence-corrected chi connectivity index (χ4v) is 3.51. The van der Waals surface area contributed by atoms with Crippen molar-refractivity contribution in [2.75, 3.05) is 17.7 Å². The first-order chi connectivity index (χ1) is 13.3. The Bertz CT molecular complexity index is 1030. The molecule has 0 amide bonds. The van der Waals surface area contributed by atoms with Crippen LogP contribution in [0.25, 0.3) is 10.9 Å². The lowest BCUT2D eigenvalue weighted by Gasteiger charge is -2.12. The van der Waals surface area contributed by atoms with Gasteiger partial charge >= 0.3 is 0 Å². The molecule has 27 heavy (non-hydrogen) atoms. The summed E-state index contributed by atoms with van der Waals surface area (Å²) in [6, 6.07) is 18.2. The van der Waals surface area contributed by atoms with Crippen LogP contribution in [0.4, 0.5) is 11.5 Å². The average Bonchev–Trinajstić information content (AvgIpc) is 3.24. The molecule has 0 atom stereocenters. The van der Waals surface area contributed by atoms with Gasteiger partial charge in [0.25, 0.3) is 0 Å². The van der Waals surface area contributed by atoms with E-state index in [1.807, 2.05) is 54.0 Å². The number of hydrogen-bond acceptors (Lipinski definition) is 6. The Balaban J connectivity index is 1.50. The van der Waals surface area contributed by atoms with Crippen molar-refractivity contribution in [2.45, 2.75) is 13.1 Å². The lowest BCUT2D eigenvalue weighted by molar-refractivity contribution is 0.410. The third kappa shape index (κ3) is 4.01. The number of benzene rings is 2. The molecule has 0 fully saturated rings. The van der Waals surface area contributed by atoms with Gasteiger partial charge in [0.15, 0.2) is 0 Å². The van der Waals surface area contributed by atoms with Gasteiger partial charge in [-0.3, -0.25) is 0 Å². The van der Waals surface area contributed by atoms with E-state index in [2.05, 4.69) is 27.8 Å². The van der Waals surface area contributed by atoms with E-state index in [-0.39, 0.29) is 0 Å². The first kappa shape index (κ1) is 17.3. The number of hydrogen-bond donors (Lipinski definition) is 2. The monoisotopic (exact) mass is 376 g/mol. The molecule has 0 saturated heterocycles. The quantitative estimate of drug-likeness (QED) is 0.479. The van der Waals surface area contributed by atoms with Crippen LogP contribution in [0.5, 0.6) is 5.75 Å². The summed E-state index contributed by atoms with van der Waals surface area (Å²) >= 11 is 1.65. The van der Waals surface area contributed by atoms with Gasteiger partial charge < -0.3 is 15.4 Å². The third-order valence-electron chi connectivity index (χ3n) is 4.30. The lowest BCUT2D eigenvalue weighted by Crippen LogP contribution is -2.04. The second-order valence-electron chi connectivity index (χ2n) is 6.01. The van der Waals surface area contributed by atoms with Crippen molar-refractivity contribution in [3.63, 3.8) is 0 Å². The Hall–Kier alpha value is -3.12. The highest BCUT2D eigenvalue weighted by Gasteiger charge is 2.06. The van der Waals surface area contributed by atoms with Crippen molar-refractivity contribution in [3.05, 3.63) is 76.7 Å². The standard InChI is InChI=1S/C21H20N4OS/c1-26-19-8-3-2-5-15(19)13-24-20-10-9-16-17(6-4-7-18(16)25-20)23-14-21-22-11-12-27-21/h2-12,23H,13-14H2,1H3,(H,24,25). The zero-order chi connectivity index (χ0) is 18.5. The maximum atomic E-state index is 5.40. The fourth-order valence-electron chi connectivity index (χ4n) is 2.95. The van der Waals surface area contributed by atoms with Gasteiger partial charge in [-0.1, -0.05) is 24.3 Å². The van der Waals surface area contributed by atoms with Crippen molar-refractivity contribution in [3.8, 4) is 5.75 Å². The summed E-state index contributed by atoms with van der Waals surface area (Å²) < 4.78 is 5.40. The van der Waals surface area contributed by atoms with Gasteiger partial charge in [0.2, 0.25) is 0 Å². The molecule has 0 aliphatic rings. The Morgan fingerprint density at radius 2 is 1.89 bits per heavy atom. The Kier molecular flexibility index (Phi) is 5.16. The van der Waals surface area contributed by atoms with Crippen molar-refractivity contribution in [1.29, 1.82) is 0 Å². The largest absolute Gasteiger partial charge is 0.496 e. The summed E-state index contributed by atoms with van der Waals surface area (Å²) in [7, 11) is 1.69. The first-order valence-corrected chi connectivity index (χ1v) is 9.59. The maximum absolute atomic E-state index is 5.40. The predicted octanol–water partition coefficient (Wildman–Crippen LogP) is 4.92. The first-order valence-electron chi connectivity index (χ1n) is 8.71. The highest BCUT2D eigenvalue weighted by atomic mass is 32.1. The molecule has 4 aromatic rings. The zero-order valence-electron chi connectivity index (χ0n) is 15.0. The van der Waals surface area contributed by atoms with E-state index in [0.29, 0.717) is 13.1 Å². The molecule has 0 aliphatic heterocycles. The molecule has 2 heterocycles. The van der Waals surface area contributed by atoms with Crippen LogP contribution in [0.3, 0.4) is 0 Å². The van der Waals surface area contributed by atoms with Crippen molar-refractivity contribution < 1.29 is 4.74 Å². The molecule has 5 nitrogen and oxygen atoms in total. The number of para-hydroxylation sites is 1. The minimum atomic E-state index is 0.657. The molecule has 0 saturated carbocycles. The number of anilines is 2. The van der Waals surface area contributed by atoms with E-state index in [4.69, 9.17) is 9.72 Å². The zero-order valence-corrected chi connectivity index (χ0v) is 15.8. The maximum Gasteiger partial charge on any atom is 0.126 e. The minimum absolute atomic E-state index is 0.657. The lowest BCUT2D eigenvalue weighted by atomic mass is 10.1. The third-order valence-corrected chi connectivity index (χ3v) is 5.08. The molecular weight excluding hydrogens is 356 g/mol. The van der Waals surface area contributed by atoms with Gasteiger partial charge in [0.05, 0.1) is 19.2 Å². The number of ether oxygens (including phenoxy) is 1. The van der Waals surface area contributed by atoms with Gasteiger partial charge in [-0.25, -0.2) is 9.97 Å². The van der Waals surface area contributed by atoms with E-state index in [1.54, 1.807) is 18.4 Å². The van der Waals surface area contributed by atoms with E-state index < -0.39 is 0 Å². The predicted molar refractivity (Wildman–Crippen MR) is 112 cm³/mol. The second-order valence-corrected chi connectivity index (χ2v) is 6.99.